The number of nitrogen functional groups attached to an aromatic ring is 1. The van der Waals surface area contributed by atoms with Gasteiger partial charge in [-0.25, -0.2) is 13.6 Å². The van der Waals surface area contributed by atoms with Crippen LogP contribution in [0.4, 0.5) is 14.5 Å². The third-order valence-corrected chi connectivity index (χ3v) is 2.77. The molecular weight excluding hydrogens is 266 g/mol. The van der Waals surface area contributed by atoms with Gasteiger partial charge >= 0.3 is 5.97 Å². The number of hydrogen-bond donors (Lipinski definition) is 1. The van der Waals surface area contributed by atoms with Gasteiger partial charge in [-0.15, -0.1) is 0 Å². The lowest BCUT2D eigenvalue weighted by Crippen LogP contribution is -2.05. The first-order valence-electron chi connectivity index (χ1n) is 5.75. The summed E-state index contributed by atoms with van der Waals surface area (Å²) in [6, 6.07) is 7.41. The largest absolute Gasteiger partial charge is 0.465 e. The van der Waals surface area contributed by atoms with E-state index in [2.05, 4.69) is 9.72 Å². The third-order valence-electron chi connectivity index (χ3n) is 2.77. The van der Waals surface area contributed by atoms with Crippen LogP contribution in [0.3, 0.4) is 0 Å². The van der Waals surface area contributed by atoms with Crippen LogP contribution in [-0.4, -0.2) is 18.1 Å². The number of aromatic nitrogens is 1. The predicted molar refractivity (Wildman–Crippen MR) is 70.4 cm³/mol. The van der Waals surface area contributed by atoms with Crippen molar-refractivity contribution in [3.05, 3.63) is 47.8 Å². The van der Waals surface area contributed by atoms with Crippen LogP contribution < -0.4 is 5.73 Å². The summed E-state index contributed by atoms with van der Waals surface area (Å²) in [7, 11) is 1.26. The van der Waals surface area contributed by atoms with Crippen molar-refractivity contribution in [3.8, 4) is 11.1 Å². The lowest BCUT2D eigenvalue weighted by Gasteiger charge is -2.09. The zero-order valence-corrected chi connectivity index (χ0v) is 10.6. The molecule has 1 aromatic carbocycles. The van der Waals surface area contributed by atoms with Crippen molar-refractivity contribution < 1.29 is 18.3 Å². The van der Waals surface area contributed by atoms with E-state index in [1.165, 1.54) is 31.5 Å². The molecule has 104 valence electrons. The molecule has 0 aliphatic rings. The average molecular weight is 278 g/mol. The normalized spacial score (nSPS) is 10.6. The minimum Gasteiger partial charge on any atom is -0.465 e. The molecule has 0 aliphatic carbocycles. The Balaban J connectivity index is 2.49. The summed E-state index contributed by atoms with van der Waals surface area (Å²) in [6.07, 6.45) is -1.34. The molecule has 0 spiro atoms. The van der Waals surface area contributed by atoms with Crippen molar-refractivity contribution in [3.63, 3.8) is 0 Å². The van der Waals surface area contributed by atoms with Gasteiger partial charge in [-0.1, -0.05) is 12.1 Å². The summed E-state index contributed by atoms with van der Waals surface area (Å²) >= 11 is 0. The highest BCUT2D eigenvalue weighted by Gasteiger charge is 2.15. The van der Waals surface area contributed by atoms with E-state index in [1.54, 1.807) is 12.1 Å². The Labute approximate surface area is 114 Å². The quantitative estimate of drug-likeness (QED) is 0.692. The van der Waals surface area contributed by atoms with E-state index in [0.717, 1.165) is 0 Å². The number of carbonyl (C=O) groups is 1. The van der Waals surface area contributed by atoms with Crippen molar-refractivity contribution in [2.75, 3.05) is 12.8 Å². The smallest absolute Gasteiger partial charge is 0.338 e. The van der Waals surface area contributed by atoms with Crippen LogP contribution >= 0.6 is 0 Å². The van der Waals surface area contributed by atoms with Crippen LogP contribution in [0.25, 0.3) is 11.1 Å². The molecule has 1 heterocycles. The second-order valence-corrected chi connectivity index (χ2v) is 4.07. The number of nitrogens with zero attached hydrogens (tertiary/aromatic N) is 1. The first-order valence-corrected chi connectivity index (χ1v) is 5.75. The Hall–Kier alpha value is -2.50. The van der Waals surface area contributed by atoms with Crippen molar-refractivity contribution in [2.45, 2.75) is 6.43 Å². The summed E-state index contributed by atoms with van der Waals surface area (Å²) in [5.74, 6) is -0.551. The summed E-state index contributed by atoms with van der Waals surface area (Å²) in [5.41, 5.74) is 7.06. The molecule has 0 fully saturated rings. The molecule has 4 nitrogen and oxygen atoms in total. The van der Waals surface area contributed by atoms with Crippen molar-refractivity contribution in [2.24, 2.45) is 0 Å². The Kier molecular flexibility index (Phi) is 3.93. The highest BCUT2D eigenvalue weighted by Crippen LogP contribution is 2.27. The molecule has 0 radical (unpaired) electrons. The van der Waals surface area contributed by atoms with Crippen LogP contribution in [0.1, 0.15) is 22.5 Å². The first-order chi connectivity index (χ1) is 9.52. The predicted octanol–water partition coefficient (Wildman–Crippen LogP) is 3.06. The summed E-state index contributed by atoms with van der Waals surface area (Å²) < 4.78 is 29.6. The minimum absolute atomic E-state index is 0.263. The number of nitrogens with two attached hydrogens (primary N) is 1. The van der Waals surface area contributed by atoms with Crippen molar-refractivity contribution >= 4 is 11.7 Å². The molecule has 20 heavy (non-hydrogen) atoms. The fraction of sp³-hybridized carbons (Fsp3) is 0.143. The van der Waals surface area contributed by atoms with Crippen LogP contribution in [0.2, 0.25) is 0 Å². The second-order valence-electron chi connectivity index (χ2n) is 4.07. The van der Waals surface area contributed by atoms with Gasteiger partial charge in [-0.3, -0.25) is 4.98 Å². The highest BCUT2D eigenvalue weighted by atomic mass is 19.3. The number of halogens is 2. The number of pyridine rings is 1. The molecule has 6 heteroatoms. The molecule has 0 aliphatic heterocycles. The number of alkyl halides is 2. The molecule has 0 saturated heterocycles. The number of hydrogen-bond acceptors (Lipinski definition) is 4. The van der Waals surface area contributed by atoms with Gasteiger partial charge in [0.2, 0.25) is 0 Å². The maximum absolute atomic E-state index is 12.5. The van der Waals surface area contributed by atoms with Crippen molar-refractivity contribution in [1.29, 1.82) is 0 Å². The van der Waals surface area contributed by atoms with Gasteiger partial charge in [-0.05, 0) is 23.8 Å². The Morgan fingerprint density at radius 3 is 2.60 bits per heavy atom. The van der Waals surface area contributed by atoms with Gasteiger partial charge in [0, 0.05) is 17.4 Å². The van der Waals surface area contributed by atoms with Gasteiger partial charge in [-0.2, -0.15) is 0 Å². The fourth-order valence-electron chi connectivity index (χ4n) is 1.79. The number of esters is 1. The summed E-state index contributed by atoms with van der Waals surface area (Å²) in [6.45, 7) is 0. The van der Waals surface area contributed by atoms with Crippen LogP contribution in [0, 0.1) is 0 Å². The minimum atomic E-state index is -2.63. The average Bonchev–Trinajstić information content (AvgIpc) is 2.46. The van der Waals surface area contributed by atoms with Gasteiger partial charge in [0.25, 0.3) is 6.43 Å². The number of carbonyl (C=O) groups excluding carboxylic acids is 1. The Morgan fingerprint density at radius 1 is 1.30 bits per heavy atom. The topological polar surface area (TPSA) is 65.2 Å². The van der Waals surface area contributed by atoms with E-state index < -0.39 is 12.4 Å². The SMILES string of the molecule is COC(=O)c1cc(N)ccc1-c1ccc(C(F)F)nc1. The molecule has 1 aromatic heterocycles. The number of benzene rings is 1. The lowest BCUT2D eigenvalue weighted by molar-refractivity contribution is 0.0601. The zero-order valence-electron chi connectivity index (χ0n) is 10.6. The molecule has 2 rings (SSSR count). The molecule has 0 unspecified atom stereocenters. The van der Waals surface area contributed by atoms with E-state index in [-0.39, 0.29) is 11.3 Å². The maximum Gasteiger partial charge on any atom is 0.338 e. The van der Waals surface area contributed by atoms with E-state index in [1.807, 2.05) is 0 Å². The molecular formula is C14H12F2N2O2. The van der Waals surface area contributed by atoms with Gasteiger partial charge in [0.05, 0.1) is 12.7 Å². The number of ether oxygens (including phenoxy) is 1. The van der Waals surface area contributed by atoms with Gasteiger partial charge < -0.3 is 10.5 Å². The highest BCUT2D eigenvalue weighted by molar-refractivity contribution is 5.98. The van der Waals surface area contributed by atoms with E-state index >= 15 is 0 Å². The van der Waals surface area contributed by atoms with E-state index in [0.29, 0.717) is 16.8 Å². The lowest BCUT2D eigenvalue weighted by atomic mass is 10.0. The number of methoxy groups -OCH3 is 1. The molecule has 0 saturated carbocycles. The first kappa shape index (κ1) is 13.9. The zero-order chi connectivity index (χ0) is 14.7. The Morgan fingerprint density at radius 2 is 2.05 bits per heavy atom. The summed E-state index contributed by atoms with van der Waals surface area (Å²) in [5, 5.41) is 0. The monoisotopic (exact) mass is 278 g/mol. The van der Waals surface area contributed by atoms with E-state index in [9.17, 15) is 13.6 Å². The third kappa shape index (κ3) is 2.74. The molecule has 0 amide bonds. The number of anilines is 1. The van der Waals surface area contributed by atoms with Crippen molar-refractivity contribution in [1.82, 2.24) is 4.98 Å². The molecule has 2 N–H and O–H groups in total. The standard InChI is InChI=1S/C14H12F2N2O2/c1-20-14(19)11-6-9(17)3-4-10(11)8-2-5-12(13(15)16)18-7-8/h2-7,13H,17H2,1H3. The number of rotatable bonds is 3. The fourth-order valence-corrected chi connectivity index (χ4v) is 1.79. The second kappa shape index (κ2) is 5.64. The van der Waals surface area contributed by atoms with Gasteiger partial charge in [0.15, 0.2) is 0 Å². The maximum atomic E-state index is 12.5. The van der Waals surface area contributed by atoms with Crippen LogP contribution in [-0.2, 0) is 4.74 Å². The van der Waals surface area contributed by atoms with Crippen LogP contribution in [0.15, 0.2) is 36.5 Å². The van der Waals surface area contributed by atoms with Gasteiger partial charge in [0.1, 0.15) is 5.69 Å². The Bertz CT molecular complexity index is 628. The van der Waals surface area contributed by atoms with E-state index in [4.69, 9.17) is 5.73 Å². The van der Waals surface area contributed by atoms with Crippen LogP contribution in [0.5, 0.6) is 0 Å². The molecule has 0 atom stereocenters. The summed E-state index contributed by atoms with van der Waals surface area (Å²) in [4.78, 5) is 15.4. The molecule has 2 aromatic rings. The molecule has 0 bridgehead atoms.